The third-order valence-corrected chi connectivity index (χ3v) is 5.88. The van der Waals surface area contributed by atoms with Crippen LogP contribution in [0, 0.1) is 0 Å². The number of ether oxygens (including phenoxy) is 1. The summed E-state index contributed by atoms with van der Waals surface area (Å²) in [4.78, 5) is 42.3. The van der Waals surface area contributed by atoms with Gasteiger partial charge in [-0.15, -0.1) is 0 Å². The van der Waals surface area contributed by atoms with Crippen LogP contribution in [-0.4, -0.2) is 65.8 Å². The number of hydrogen-bond acceptors (Lipinski definition) is 5. The number of allylic oxidation sites excluding steroid dienone is 2. The van der Waals surface area contributed by atoms with Crippen LogP contribution < -0.4 is 5.32 Å². The molecule has 8 nitrogen and oxygen atoms in total. The van der Waals surface area contributed by atoms with Crippen molar-refractivity contribution in [3.63, 3.8) is 0 Å². The first-order valence-corrected chi connectivity index (χ1v) is 11.0. The molecule has 8 heteroatoms. The molecule has 33 heavy (non-hydrogen) atoms. The van der Waals surface area contributed by atoms with Crippen LogP contribution in [-0.2, 0) is 14.3 Å². The van der Waals surface area contributed by atoms with Gasteiger partial charge in [0.1, 0.15) is 5.71 Å². The Balaban J connectivity index is 1.97. The van der Waals surface area contributed by atoms with Crippen molar-refractivity contribution in [2.75, 3.05) is 20.2 Å². The summed E-state index contributed by atoms with van der Waals surface area (Å²) in [5.41, 5.74) is 3.30. The fraction of sp³-hybridized carbons (Fsp3) is 0.440. The molecular weight excluding hydrogens is 422 g/mol. The zero-order valence-corrected chi connectivity index (χ0v) is 19.9. The Labute approximate surface area is 195 Å². The summed E-state index contributed by atoms with van der Waals surface area (Å²) in [5, 5.41) is 12.0. The minimum absolute atomic E-state index is 0.169. The average molecular weight is 456 g/mol. The Hall–Kier alpha value is -3.26. The van der Waals surface area contributed by atoms with Gasteiger partial charge in [-0.2, -0.15) is 0 Å². The average Bonchev–Trinajstić information content (AvgIpc) is 2.82. The van der Waals surface area contributed by atoms with Gasteiger partial charge in [-0.1, -0.05) is 24.6 Å². The third-order valence-electron chi connectivity index (χ3n) is 5.88. The van der Waals surface area contributed by atoms with Gasteiger partial charge in [-0.05, 0) is 57.4 Å². The Morgan fingerprint density at radius 1 is 1.21 bits per heavy atom. The van der Waals surface area contributed by atoms with Gasteiger partial charge in [0.25, 0.3) is 5.91 Å². The fourth-order valence-corrected chi connectivity index (χ4v) is 3.46. The van der Waals surface area contributed by atoms with Crippen LogP contribution in [0.1, 0.15) is 56.5 Å². The molecule has 0 aromatic heterocycles. The number of hydrogen-bond donors (Lipinski definition) is 2. The summed E-state index contributed by atoms with van der Waals surface area (Å²) < 4.78 is 5.56. The van der Waals surface area contributed by atoms with E-state index in [1.807, 2.05) is 20.8 Å². The first-order chi connectivity index (χ1) is 15.7. The second kappa shape index (κ2) is 12.1. The van der Waals surface area contributed by atoms with E-state index in [-0.39, 0.29) is 29.5 Å². The molecule has 2 N–H and O–H groups in total. The molecule has 0 radical (unpaired) electrons. The molecule has 1 aromatic carbocycles. The van der Waals surface area contributed by atoms with Gasteiger partial charge in [0, 0.05) is 32.0 Å². The van der Waals surface area contributed by atoms with E-state index in [0.717, 1.165) is 23.3 Å². The molecule has 0 spiro atoms. The number of carboxylic acid groups (broad SMARTS) is 1. The number of nitrogens with zero attached hydrogens (tertiary/aromatic N) is 2. The maximum Gasteiger partial charge on any atom is 0.335 e. The molecule has 2 amide bonds. The number of carbonyl (C=O) groups excluding carboxylic acids is 2. The van der Waals surface area contributed by atoms with Gasteiger partial charge in [-0.25, -0.2) is 4.79 Å². The van der Waals surface area contributed by atoms with E-state index in [2.05, 4.69) is 10.3 Å². The number of amides is 2. The summed E-state index contributed by atoms with van der Waals surface area (Å²) in [6.45, 7) is 8.47. The summed E-state index contributed by atoms with van der Waals surface area (Å²) in [7, 11) is 1.57. The molecule has 1 aromatic rings. The number of rotatable bonds is 8. The third kappa shape index (κ3) is 7.39. The van der Waals surface area contributed by atoms with Crippen molar-refractivity contribution in [1.29, 1.82) is 0 Å². The highest BCUT2D eigenvalue weighted by atomic mass is 16.5. The Morgan fingerprint density at radius 2 is 1.88 bits per heavy atom. The van der Waals surface area contributed by atoms with E-state index in [0.29, 0.717) is 25.2 Å². The van der Waals surface area contributed by atoms with E-state index in [1.54, 1.807) is 37.1 Å². The van der Waals surface area contributed by atoms with Crippen LogP contribution in [0.3, 0.4) is 0 Å². The van der Waals surface area contributed by atoms with Crippen molar-refractivity contribution in [2.24, 2.45) is 4.99 Å². The number of benzene rings is 1. The zero-order valence-electron chi connectivity index (χ0n) is 19.9. The largest absolute Gasteiger partial charge is 0.478 e. The molecule has 178 valence electrons. The smallest absolute Gasteiger partial charge is 0.335 e. The lowest BCUT2D eigenvalue weighted by molar-refractivity contribution is -0.130. The Morgan fingerprint density at radius 3 is 2.45 bits per heavy atom. The van der Waals surface area contributed by atoms with Crippen LogP contribution >= 0.6 is 0 Å². The first kappa shape index (κ1) is 26.0. The summed E-state index contributed by atoms with van der Waals surface area (Å²) in [6.07, 6.45) is 4.22. The highest BCUT2D eigenvalue weighted by Gasteiger charge is 2.32. The van der Waals surface area contributed by atoms with Crippen LogP contribution in [0.4, 0.5) is 0 Å². The van der Waals surface area contributed by atoms with Crippen LogP contribution in [0.2, 0.25) is 0 Å². The van der Waals surface area contributed by atoms with Gasteiger partial charge in [-0.3, -0.25) is 14.6 Å². The van der Waals surface area contributed by atoms with Crippen molar-refractivity contribution >= 4 is 29.6 Å². The summed E-state index contributed by atoms with van der Waals surface area (Å²) >= 11 is 0. The number of nitrogens with one attached hydrogen (secondary N) is 1. The lowest BCUT2D eigenvalue weighted by Gasteiger charge is -2.37. The minimum atomic E-state index is -0.994. The van der Waals surface area contributed by atoms with Gasteiger partial charge < -0.3 is 20.1 Å². The highest BCUT2D eigenvalue weighted by Crippen LogP contribution is 2.16. The van der Waals surface area contributed by atoms with Crippen LogP contribution in [0.15, 0.2) is 46.6 Å². The molecule has 0 saturated carbocycles. The van der Waals surface area contributed by atoms with Gasteiger partial charge in [0.15, 0.2) is 0 Å². The normalized spacial score (nSPS) is 19.9. The predicted octanol–water partition coefficient (Wildman–Crippen LogP) is 3.29. The van der Waals surface area contributed by atoms with E-state index >= 15 is 0 Å². The predicted molar refractivity (Wildman–Crippen MR) is 128 cm³/mol. The standard InChI is InChI=1S/C25H33N3O5/c1-6-16(2)17(3)26-18(4)24(30)27-21-13-14-28(15-22(21)33-5)23(29)12-9-19-7-10-20(11-8-19)25(31)32/h7-12,21-22H,6,13-15H2,1-5H3,(H,27,30)(H,31,32)/b12-9+,17-16+,26-18?/t21-,22?/m1/s1. The number of piperidine rings is 1. The van der Waals surface area contributed by atoms with E-state index in [1.165, 1.54) is 18.2 Å². The minimum Gasteiger partial charge on any atom is -0.478 e. The van der Waals surface area contributed by atoms with Crippen molar-refractivity contribution < 1.29 is 24.2 Å². The van der Waals surface area contributed by atoms with Gasteiger partial charge in [0.2, 0.25) is 5.91 Å². The quantitative estimate of drug-likeness (QED) is 0.462. The number of carbonyl (C=O) groups is 3. The van der Waals surface area contributed by atoms with Gasteiger partial charge in [0.05, 0.1) is 17.7 Å². The van der Waals surface area contributed by atoms with Crippen molar-refractivity contribution in [3.8, 4) is 0 Å². The molecule has 1 aliphatic rings. The zero-order chi connectivity index (χ0) is 24.5. The molecule has 2 rings (SSSR count). The molecule has 1 unspecified atom stereocenters. The lowest BCUT2D eigenvalue weighted by Crippen LogP contribution is -2.56. The summed E-state index contributed by atoms with van der Waals surface area (Å²) in [5.74, 6) is -1.40. The molecular formula is C25H33N3O5. The number of aliphatic imine (C=N–C) groups is 1. The van der Waals surface area contributed by atoms with Crippen molar-refractivity contribution in [2.45, 2.75) is 52.7 Å². The lowest BCUT2D eigenvalue weighted by atomic mass is 10.0. The molecule has 0 bridgehead atoms. The number of carboxylic acids is 1. The molecule has 1 aliphatic heterocycles. The number of likely N-dealkylation sites (tertiary alicyclic amines) is 1. The Bertz CT molecular complexity index is 963. The van der Waals surface area contributed by atoms with Crippen LogP contribution in [0.25, 0.3) is 6.08 Å². The molecule has 1 fully saturated rings. The first-order valence-electron chi connectivity index (χ1n) is 11.0. The van der Waals surface area contributed by atoms with Crippen LogP contribution in [0.5, 0.6) is 0 Å². The highest BCUT2D eigenvalue weighted by molar-refractivity contribution is 6.38. The monoisotopic (exact) mass is 455 g/mol. The second-order valence-corrected chi connectivity index (χ2v) is 8.10. The topological polar surface area (TPSA) is 108 Å². The maximum atomic E-state index is 12.6. The SMILES string of the molecule is CC/C(C)=C(\C)N=C(C)C(=O)N[C@@H]1CCN(C(=O)/C=C/c2ccc(C(=O)O)cc2)CC1OC. The fourth-order valence-electron chi connectivity index (χ4n) is 3.46. The number of aromatic carboxylic acids is 1. The van der Waals surface area contributed by atoms with Gasteiger partial charge >= 0.3 is 5.97 Å². The second-order valence-electron chi connectivity index (χ2n) is 8.10. The maximum absolute atomic E-state index is 12.6. The molecule has 1 heterocycles. The Kier molecular flexibility index (Phi) is 9.54. The molecule has 1 saturated heterocycles. The molecule has 0 aliphatic carbocycles. The van der Waals surface area contributed by atoms with E-state index < -0.39 is 5.97 Å². The molecule has 2 atom stereocenters. The van der Waals surface area contributed by atoms with E-state index in [9.17, 15) is 14.4 Å². The number of methoxy groups -OCH3 is 1. The summed E-state index contributed by atoms with van der Waals surface area (Å²) in [6, 6.07) is 6.06. The van der Waals surface area contributed by atoms with Crippen molar-refractivity contribution in [3.05, 3.63) is 52.7 Å². The van der Waals surface area contributed by atoms with E-state index in [4.69, 9.17) is 9.84 Å². The van der Waals surface area contributed by atoms with Crippen molar-refractivity contribution in [1.82, 2.24) is 10.2 Å².